The lowest BCUT2D eigenvalue weighted by Gasteiger charge is -2.31. The van der Waals surface area contributed by atoms with Crippen LogP contribution in [0.3, 0.4) is 0 Å². The quantitative estimate of drug-likeness (QED) is 0.538. The predicted molar refractivity (Wildman–Crippen MR) is 126 cm³/mol. The second kappa shape index (κ2) is 9.74. The van der Waals surface area contributed by atoms with Gasteiger partial charge in [-0.1, -0.05) is 18.2 Å². The highest BCUT2D eigenvalue weighted by molar-refractivity contribution is 7.92. The number of carbonyl (C=O) groups excluding carboxylic acids is 2. The van der Waals surface area contributed by atoms with Crippen LogP contribution in [0.2, 0.25) is 0 Å². The maximum Gasteiger partial charge on any atom is 0.242 e. The average molecular weight is 474 g/mol. The summed E-state index contributed by atoms with van der Waals surface area (Å²) < 4.78 is 40.9. The smallest absolute Gasteiger partial charge is 0.242 e. The fourth-order valence-electron chi connectivity index (χ4n) is 3.97. The largest absolute Gasteiger partial charge is 0.337 e. The zero-order valence-corrected chi connectivity index (χ0v) is 19.9. The van der Waals surface area contributed by atoms with E-state index in [0.717, 1.165) is 0 Å². The van der Waals surface area contributed by atoms with Crippen LogP contribution in [-0.4, -0.2) is 47.5 Å². The van der Waals surface area contributed by atoms with Gasteiger partial charge in [0, 0.05) is 34.9 Å². The van der Waals surface area contributed by atoms with Crippen LogP contribution in [0, 0.1) is 5.82 Å². The Bertz CT molecular complexity index is 1260. The molecule has 1 aromatic heterocycles. The number of anilines is 1. The van der Waals surface area contributed by atoms with E-state index in [-0.39, 0.29) is 29.4 Å². The van der Waals surface area contributed by atoms with E-state index < -0.39 is 27.3 Å². The fourth-order valence-corrected chi connectivity index (χ4v) is 5.34. The number of hydrogen-bond donors (Lipinski definition) is 1. The minimum absolute atomic E-state index is 0.00214. The maximum absolute atomic E-state index is 13.1. The third-order valence-corrected chi connectivity index (χ3v) is 6.88. The lowest BCUT2D eigenvalue weighted by molar-refractivity contribution is -0.135. The standard InChI is InChI=1S/C24H28FN3O4S/c1-16(2)28(17(3)4)24(30)14-27-13-22(20-7-5-6-8-21(20)27)33(31,32)15-23(29)26-19-11-9-18(25)10-12-19/h5-13,16-17H,14-15H2,1-4H3,(H,26,29). The Morgan fingerprint density at radius 2 is 1.61 bits per heavy atom. The molecule has 0 unspecified atom stereocenters. The number of hydrogen-bond acceptors (Lipinski definition) is 4. The van der Waals surface area contributed by atoms with E-state index in [1.807, 2.05) is 27.7 Å². The average Bonchev–Trinajstić information content (AvgIpc) is 3.08. The lowest BCUT2D eigenvalue weighted by atomic mass is 10.2. The number of sulfone groups is 1. The molecule has 9 heteroatoms. The van der Waals surface area contributed by atoms with Gasteiger partial charge in [0.2, 0.25) is 11.8 Å². The molecule has 0 saturated carbocycles. The first-order valence-electron chi connectivity index (χ1n) is 10.7. The number of nitrogens with one attached hydrogen (secondary N) is 1. The van der Waals surface area contributed by atoms with Gasteiger partial charge in [-0.3, -0.25) is 9.59 Å². The van der Waals surface area contributed by atoms with Gasteiger partial charge in [0.1, 0.15) is 18.1 Å². The molecular weight excluding hydrogens is 445 g/mol. The third-order valence-electron chi connectivity index (χ3n) is 5.24. The number of aromatic nitrogens is 1. The predicted octanol–water partition coefficient (Wildman–Crippen LogP) is 3.84. The van der Waals surface area contributed by atoms with Crippen LogP contribution in [0.1, 0.15) is 27.7 Å². The molecule has 1 heterocycles. The molecule has 33 heavy (non-hydrogen) atoms. The van der Waals surface area contributed by atoms with E-state index in [2.05, 4.69) is 5.32 Å². The lowest BCUT2D eigenvalue weighted by Crippen LogP contribution is -2.43. The van der Waals surface area contributed by atoms with Crippen molar-refractivity contribution in [2.24, 2.45) is 0 Å². The number of nitrogens with zero attached hydrogens (tertiary/aromatic N) is 2. The summed E-state index contributed by atoms with van der Waals surface area (Å²) in [5.41, 5.74) is 0.892. The summed E-state index contributed by atoms with van der Waals surface area (Å²) in [7, 11) is -4.01. The summed E-state index contributed by atoms with van der Waals surface area (Å²) in [6.45, 7) is 7.71. The molecule has 3 aromatic rings. The highest BCUT2D eigenvalue weighted by Crippen LogP contribution is 2.27. The van der Waals surface area contributed by atoms with Crippen molar-refractivity contribution in [3.8, 4) is 0 Å². The first-order chi connectivity index (χ1) is 15.5. The number of benzene rings is 2. The molecule has 0 atom stereocenters. The summed E-state index contributed by atoms with van der Waals surface area (Å²) in [4.78, 5) is 27.1. The second-order valence-electron chi connectivity index (χ2n) is 8.44. The Morgan fingerprint density at radius 1 is 1.00 bits per heavy atom. The van der Waals surface area contributed by atoms with Crippen molar-refractivity contribution >= 4 is 38.2 Å². The SMILES string of the molecule is CC(C)N(C(=O)Cn1cc(S(=O)(=O)CC(=O)Nc2ccc(F)cc2)c2ccccc21)C(C)C. The summed E-state index contributed by atoms with van der Waals surface area (Å²) >= 11 is 0. The van der Waals surface area contributed by atoms with Gasteiger partial charge in [-0.2, -0.15) is 0 Å². The van der Waals surface area contributed by atoms with Gasteiger partial charge in [-0.15, -0.1) is 0 Å². The van der Waals surface area contributed by atoms with Gasteiger partial charge in [0.25, 0.3) is 0 Å². The highest BCUT2D eigenvalue weighted by Gasteiger charge is 2.26. The Labute approximate surface area is 193 Å². The third kappa shape index (κ3) is 5.60. The van der Waals surface area contributed by atoms with Crippen molar-refractivity contribution in [3.63, 3.8) is 0 Å². The van der Waals surface area contributed by atoms with E-state index in [1.54, 1.807) is 33.7 Å². The summed E-state index contributed by atoms with van der Waals surface area (Å²) in [6.07, 6.45) is 1.42. The minimum Gasteiger partial charge on any atom is -0.337 e. The van der Waals surface area contributed by atoms with Crippen molar-refractivity contribution in [2.75, 3.05) is 11.1 Å². The van der Waals surface area contributed by atoms with Crippen LogP contribution in [0.25, 0.3) is 10.9 Å². The molecule has 0 fully saturated rings. The highest BCUT2D eigenvalue weighted by atomic mass is 32.2. The molecule has 0 radical (unpaired) electrons. The Morgan fingerprint density at radius 3 is 2.21 bits per heavy atom. The molecular formula is C24H28FN3O4S. The van der Waals surface area contributed by atoms with Gasteiger partial charge in [-0.05, 0) is 58.0 Å². The van der Waals surface area contributed by atoms with Crippen molar-refractivity contribution in [2.45, 2.75) is 51.2 Å². The molecule has 3 rings (SSSR count). The molecule has 0 saturated heterocycles. The van der Waals surface area contributed by atoms with Gasteiger partial charge in [0.05, 0.1) is 4.90 Å². The number of fused-ring (bicyclic) bond motifs is 1. The summed E-state index contributed by atoms with van der Waals surface area (Å²) in [6, 6.07) is 11.9. The Hall–Kier alpha value is -3.20. The number of carbonyl (C=O) groups is 2. The van der Waals surface area contributed by atoms with Crippen LogP contribution < -0.4 is 5.32 Å². The molecule has 0 spiro atoms. The number of amides is 2. The first-order valence-corrected chi connectivity index (χ1v) is 12.3. The molecule has 1 N–H and O–H groups in total. The molecule has 0 aliphatic rings. The molecule has 2 aromatic carbocycles. The summed E-state index contributed by atoms with van der Waals surface area (Å²) in [5, 5.41) is 2.91. The second-order valence-corrected chi connectivity index (χ2v) is 10.4. The number of para-hydroxylation sites is 1. The molecule has 0 aliphatic heterocycles. The number of halogens is 1. The molecule has 0 aliphatic carbocycles. The van der Waals surface area contributed by atoms with Gasteiger partial charge in [0.15, 0.2) is 9.84 Å². The van der Waals surface area contributed by atoms with E-state index in [4.69, 9.17) is 0 Å². The normalized spacial score (nSPS) is 11.8. The molecule has 2 amide bonds. The zero-order chi connectivity index (χ0) is 24.3. The van der Waals surface area contributed by atoms with E-state index >= 15 is 0 Å². The Balaban J connectivity index is 1.89. The minimum atomic E-state index is -4.01. The van der Waals surface area contributed by atoms with E-state index in [9.17, 15) is 22.4 Å². The van der Waals surface area contributed by atoms with Crippen LogP contribution in [0.4, 0.5) is 10.1 Å². The van der Waals surface area contributed by atoms with Crippen molar-refractivity contribution < 1.29 is 22.4 Å². The van der Waals surface area contributed by atoms with Gasteiger partial charge in [-0.25, -0.2) is 12.8 Å². The number of rotatable bonds is 8. The zero-order valence-electron chi connectivity index (χ0n) is 19.1. The molecule has 7 nitrogen and oxygen atoms in total. The van der Waals surface area contributed by atoms with Crippen LogP contribution in [0.15, 0.2) is 59.6 Å². The molecule has 0 bridgehead atoms. The van der Waals surface area contributed by atoms with Gasteiger partial charge < -0.3 is 14.8 Å². The fraction of sp³-hybridized carbons (Fsp3) is 0.333. The van der Waals surface area contributed by atoms with Crippen molar-refractivity contribution in [3.05, 3.63) is 60.5 Å². The monoisotopic (exact) mass is 473 g/mol. The van der Waals surface area contributed by atoms with Crippen molar-refractivity contribution in [1.29, 1.82) is 0 Å². The molecule has 176 valence electrons. The van der Waals surface area contributed by atoms with E-state index in [1.165, 1.54) is 30.5 Å². The van der Waals surface area contributed by atoms with E-state index in [0.29, 0.717) is 16.6 Å². The maximum atomic E-state index is 13.1. The van der Waals surface area contributed by atoms with Crippen LogP contribution in [0.5, 0.6) is 0 Å². The van der Waals surface area contributed by atoms with Crippen molar-refractivity contribution in [1.82, 2.24) is 9.47 Å². The Kier molecular flexibility index (Phi) is 7.22. The topological polar surface area (TPSA) is 88.5 Å². The first kappa shape index (κ1) is 24.4. The van der Waals surface area contributed by atoms with Crippen LogP contribution in [-0.2, 0) is 26.0 Å². The van der Waals surface area contributed by atoms with Gasteiger partial charge >= 0.3 is 0 Å². The van der Waals surface area contributed by atoms with Crippen LogP contribution >= 0.6 is 0 Å². The summed E-state index contributed by atoms with van der Waals surface area (Å²) in [5.74, 6) is -2.10.